The van der Waals surface area contributed by atoms with E-state index in [-0.39, 0.29) is 12.0 Å². The Morgan fingerprint density at radius 2 is 2.37 bits per heavy atom. The minimum atomic E-state index is -0.0179. The smallest absolute Gasteiger partial charge is 0.255 e. The van der Waals surface area contributed by atoms with Gasteiger partial charge in [-0.25, -0.2) is 0 Å². The third-order valence-electron chi connectivity index (χ3n) is 3.25. The van der Waals surface area contributed by atoms with Gasteiger partial charge in [-0.2, -0.15) is 0 Å². The van der Waals surface area contributed by atoms with Gasteiger partial charge in [-0.05, 0) is 47.8 Å². The third-order valence-corrected chi connectivity index (χ3v) is 4.55. The van der Waals surface area contributed by atoms with Gasteiger partial charge in [0, 0.05) is 24.2 Å². The fraction of sp³-hybridized carbons (Fsp3) is 0.500. The van der Waals surface area contributed by atoms with E-state index in [0.29, 0.717) is 23.7 Å². The molecule has 0 saturated carbocycles. The molecule has 2 rings (SSSR count). The Hall–Kier alpha value is -0.580. The van der Waals surface area contributed by atoms with Gasteiger partial charge >= 0.3 is 0 Å². The summed E-state index contributed by atoms with van der Waals surface area (Å²) in [5.41, 5.74) is 0.549. The molecule has 1 aliphatic heterocycles. The highest BCUT2D eigenvalue weighted by Crippen LogP contribution is 2.27. The van der Waals surface area contributed by atoms with Crippen molar-refractivity contribution in [2.75, 3.05) is 19.7 Å². The topological polar surface area (TPSA) is 29.5 Å². The number of amides is 1. The fourth-order valence-corrected chi connectivity index (χ4v) is 2.91. The largest absolute Gasteiger partial charge is 0.377 e. The van der Waals surface area contributed by atoms with E-state index >= 15 is 0 Å². The molecule has 0 N–H and O–H groups in total. The Labute approximate surface area is 127 Å². The lowest BCUT2D eigenvalue weighted by Gasteiger charge is -2.32. The van der Waals surface area contributed by atoms with Crippen LogP contribution in [0.25, 0.3) is 0 Å². The average Bonchev–Trinajstić information content (AvgIpc) is 2.42. The number of carbonyl (C=O) groups excluding carboxylic acids is 1. The van der Waals surface area contributed by atoms with Crippen molar-refractivity contribution in [1.82, 2.24) is 4.90 Å². The lowest BCUT2D eigenvalue weighted by Crippen LogP contribution is -2.43. The molecule has 3 nitrogen and oxygen atoms in total. The van der Waals surface area contributed by atoms with Crippen molar-refractivity contribution in [2.45, 2.75) is 25.9 Å². The van der Waals surface area contributed by atoms with Gasteiger partial charge < -0.3 is 9.64 Å². The van der Waals surface area contributed by atoms with Crippen LogP contribution in [-0.2, 0) is 4.74 Å². The van der Waals surface area contributed by atoms with Crippen LogP contribution in [0.1, 0.15) is 30.1 Å². The summed E-state index contributed by atoms with van der Waals surface area (Å²) in [5, 5.41) is 0.478. The number of benzene rings is 1. The zero-order valence-electron chi connectivity index (χ0n) is 10.9. The van der Waals surface area contributed by atoms with Crippen LogP contribution in [0, 0.1) is 0 Å². The van der Waals surface area contributed by atoms with Gasteiger partial charge in [0.05, 0.1) is 16.7 Å². The van der Waals surface area contributed by atoms with E-state index in [1.807, 2.05) is 24.0 Å². The number of ether oxygens (including phenoxy) is 1. The number of halogens is 2. The summed E-state index contributed by atoms with van der Waals surface area (Å²) >= 11 is 9.53. The van der Waals surface area contributed by atoms with Crippen LogP contribution in [-0.4, -0.2) is 36.6 Å². The molecule has 0 radical (unpaired) electrons. The fourth-order valence-electron chi connectivity index (χ4n) is 2.33. The van der Waals surface area contributed by atoms with Crippen molar-refractivity contribution < 1.29 is 9.53 Å². The monoisotopic (exact) mass is 345 g/mol. The predicted octanol–water partition coefficient (Wildman–Crippen LogP) is 3.74. The maximum Gasteiger partial charge on any atom is 0.255 e. The minimum absolute atomic E-state index is 0.0179. The second-order valence-electron chi connectivity index (χ2n) is 4.57. The molecular weight excluding hydrogens is 330 g/mol. The number of hydrogen-bond donors (Lipinski definition) is 0. The number of nitrogens with zero attached hydrogens (tertiary/aromatic N) is 1. The van der Waals surface area contributed by atoms with Crippen LogP contribution in [0.15, 0.2) is 22.7 Å². The molecule has 0 bridgehead atoms. The molecule has 1 aromatic rings. The summed E-state index contributed by atoms with van der Waals surface area (Å²) in [7, 11) is 0. The minimum Gasteiger partial charge on any atom is -0.377 e. The zero-order chi connectivity index (χ0) is 13.8. The van der Waals surface area contributed by atoms with E-state index in [2.05, 4.69) is 15.9 Å². The maximum absolute atomic E-state index is 12.5. The molecule has 1 amide bonds. The zero-order valence-corrected chi connectivity index (χ0v) is 13.2. The van der Waals surface area contributed by atoms with Crippen molar-refractivity contribution in [3.05, 3.63) is 33.3 Å². The van der Waals surface area contributed by atoms with E-state index in [1.165, 1.54) is 0 Å². The summed E-state index contributed by atoms with van der Waals surface area (Å²) in [5.74, 6) is -0.0179. The number of likely N-dealkylation sites (tertiary alicyclic amines) is 1. The lowest BCUT2D eigenvalue weighted by molar-refractivity contribution is 0.00724. The van der Waals surface area contributed by atoms with E-state index in [1.54, 1.807) is 6.07 Å². The molecule has 1 unspecified atom stereocenters. The number of piperidine rings is 1. The highest BCUT2D eigenvalue weighted by Gasteiger charge is 2.26. The molecule has 1 aliphatic rings. The van der Waals surface area contributed by atoms with Crippen molar-refractivity contribution in [3.63, 3.8) is 0 Å². The predicted molar refractivity (Wildman–Crippen MR) is 79.7 cm³/mol. The van der Waals surface area contributed by atoms with Gasteiger partial charge in [-0.1, -0.05) is 17.7 Å². The summed E-state index contributed by atoms with van der Waals surface area (Å²) in [6.07, 6.45) is 2.14. The first kappa shape index (κ1) is 14.8. The third kappa shape index (κ3) is 3.50. The second-order valence-corrected chi connectivity index (χ2v) is 5.80. The Morgan fingerprint density at radius 1 is 1.58 bits per heavy atom. The van der Waals surface area contributed by atoms with Crippen molar-refractivity contribution in [1.29, 1.82) is 0 Å². The van der Waals surface area contributed by atoms with Crippen molar-refractivity contribution >= 4 is 33.4 Å². The normalized spacial score (nSPS) is 19.5. The van der Waals surface area contributed by atoms with Crippen molar-refractivity contribution in [3.8, 4) is 0 Å². The van der Waals surface area contributed by atoms with Crippen LogP contribution >= 0.6 is 27.5 Å². The van der Waals surface area contributed by atoms with Crippen LogP contribution in [0.4, 0.5) is 0 Å². The van der Waals surface area contributed by atoms with Gasteiger partial charge in [0.15, 0.2) is 0 Å². The summed E-state index contributed by atoms with van der Waals surface area (Å²) in [4.78, 5) is 14.3. The molecule has 1 aromatic carbocycles. The highest BCUT2D eigenvalue weighted by molar-refractivity contribution is 9.10. The molecule has 1 fully saturated rings. The number of hydrogen-bond acceptors (Lipinski definition) is 2. The molecule has 1 heterocycles. The molecule has 1 atom stereocenters. The van der Waals surface area contributed by atoms with Gasteiger partial charge in [0.2, 0.25) is 0 Å². The first-order valence-corrected chi connectivity index (χ1v) is 7.65. The molecular formula is C14H17BrClNO2. The van der Waals surface area contributed by atoms with Crippen LogP contribution in [0.5, 0.6) is 0 Å². The second kappa shape index (κ2) is 6.73. The highest BCUT2D eigenvalue weighted by atomic mass is 79.9. The molecule has 0 spiro atoms. The summed E-state index contributed by atoms with van der Waals surface area (Å²) in [6, 6.07) is 5.42. The molecule has 19 heavy (non-hydrogen) atoms. The maximum atomic E-state index is 12.5. The molecule has 1 saturated heterocycles. The number of rotatable bonds is 3. The van der Waals surface area contributed by atoms with Gasteiger partial charge in [-0.3, -0.25) is 4.79 Å². The quantitative estimate of drug-likeness (QED) is 0.834. The summed E-state index contributed by atoms with van der Waals surface area (Å²) in [6.45, 7) is 4.08. The molecule has 5 heteroatoms. The van der Waals surface area contributed by atoms with Crippen LogP contribution in [0.2, 0.25) is 5.02 Å². The Balaban J connectivity index is 2.12. The Bertz CT molecular complexity index is 465. The molecule has 0 aromatic heterocycles. The van der Waals surface area contributed by atoms with Crippen LogP contribution in [0.3, 0.4) is 0 Å². The summed E-state index contributed by atoms with van der Waals surface area (Å²) < 4.78 is 6.37. The number of carbonyl (C=O) groups is 1. The van der Waals surface area contributed by atoms with Gasteiger partial charge in [-0.15, -0.1) is 0 Å². The molecule has 0 aliphatic carbocycles. The van der Waals surface area contributed by atoms with Crippen LogP contribution < -0.4 is 0 Å². The van der Waals surface area contributed by atoms with E-state index < -0.39 is 0 Å². The average molecular weight is 347 g/mol. The van der Waals surface area contributed by atoms with Gasteiger partial charge in [0.1, 0.15) is 0 Å². The van der Waals surface area contributed by atoms with E-state index in [9.17, 15) is 4.79 Å². The van der Waals surface area contributed by atoms with E-state index in [4.69, 9.17) is 16.3 Å². The standard InChI is InChI=1S/C14H17BrClNO2/c1-2-19-10-5-4-8-17(9-10)14(18)11-6-3-7-12(15)13(11)16/h3,6-7,10H,2,4-5,8-9H2,1H3. The molecule has 104 valence electrons. The lowest BCUT2D eigenvalue weighted by atomic mass is 10.1. The SMILES string of the molecule is CCOC1CCCN(C(=O)c2cccc(Br)c2Cl)C1. The Morgan fingerprint density at radius 3 is 3.11 bits per heavy atom. The van der Waals surface area contributed by atoms with Gasteiger partial charge in [0.25, 0.3) is 5.91 Å². The van der Waals surface area contributed by atoms with E-state index in [0.717, 1.165) is 23.9 Å². The van der Waals surface area contributed by atoms with Crippen molar-refractivity contribution in [2.24, 2.45) is 0 Å². The first-order chi connectivity index (χ1) is 9.13. The Kier molecular flexibility index (Phi) is 5.25. The first-order valence-electron chi connectivity index (χ1n) is 6.48.